The summed E-state index contributed by atoms with van der Waals surface area (Å²) in [7, 11) is 1.70. The molecule has 0 aliphatic carbocycles. The molecule has 102 valence electrons. The summed E-state index contributed by atoms with van der Waals surface area (Å²) in [4.78, 5) is 0. The molecule has 1 rings (SSSR count). The highest BCUT2D eigenvalue weighted by molar-refractivity contribution is 6.30. The molecule has 0 spiro atoms. The van der Waals surface area contributed by atoms with Gasteiger partial charge in [0.15, 0.2) is 0 Å². The van der Waals surface area contributed by atoms with Crippen LogP contribution in [-0.4, -0.2) is 13.7 Å². The lowest BCUT2D eigenvalue weighted by atomic mass is 9.85. The Hall–Kier alpha value is -0.730. The van der Waals surface area contributed by atoms with Crippen LogP contribution in [0.1, 0.15) is 39.3 Å². The van der Waals surface area contributed by atoms with Gasteiger partial charge in [-0.3, -0.25) is 0 Å². The summed E-state index contributed by atoms with van der Waals surface area (Å²) in [5, 5.41) is 4.30. The van der Waals surface area contributed by atoms with Crippen LogP contribution >= 0.6 is 11.6 Å². The SMILES string of the molecule is CCNC(c1cc(Cl)ccc1OC)C(C)C(C)C. The zero-order valence-electron chi connectivity index (χ0n) is 12.0. The van der Waals surface area contributed by atoms with Crippen LogP contribution in [0.25, 0.3) is 0 Å². The Kier molecular flexibility index (Phi) is 5.97. The maximum Gasteiger partial charge on any atom is 0.123 e. The number of benzene rings is 1. The molecular formula is C15H24ClNO. The molecule has 1 aromatic carbocycles. The Labute approximate surface area is 116 Å². The summed E-state index contributed by atoms with van der Waals surface area (Å²) >= 11 is 6.12. The highest BCUT2D eigenvalue weighted by Crippen LogP contribution is 2.35. The lowest BCUT2D eigenvalue weighted by Crippen LogP contribution is -2.29. The van der Waals surface area contributed by atoms with Crippen molar-refractivity contribution in [3.8, 4) is 5.75 Å². The van der Waals surface area contributed by atoms with E-state index in [-0.39, 0.29) is 6.04 Å². The fraction of sp³-hybridized carbons (Fsp3) is 0.600. The molecule has 0 amide bonds. The minimum atomic E-state index is 0.267. The first-order valence-corrected chi connectivity index (χ1v) is 6.95. The number of ether oxygens (including phenoxy) is 1. The molecular weight excluding hydrogens is 246 g/mol. The topological polar surface area (TPSA) is 21.3 Å². The molecule has 0 heterocycles. The van der Waals surface area contributed by atoms with Crippen molar-refractivity contribution >= 4 is 11.6 Å². The quantitative estimate of drug-likeness (QED) is 0.832. The van der Waals surface area contributed by atoms with E-state index in [2.05, 4.69) is 33.0 Å². The van der Waals surface area contributed by atoms with E-state index in [0.29, 0.717) is 11.8 Å². The molecule has 1 aromatic rings. The van der Waals surface area contributed by atoms with Crippen molar-refractivity contribution in [2.75, 3.05) is 13.7 Å². The molecule has 0 bridgehead atoms. The van der Waals surface area contributed by atoms with Crippen LogP contribution in [0.5, 0.6) is 5.75 Å². The van der Waals surface area contributed by atoms with Gasteiger partial charge in [0.2, 0.25) is 0 Å². The zero-order chi connectivity index (χ0) is 13.7. The summed E-state index contributed by atoms with van der Waals surface area (Å²) in [6, 6.07) is 6.08. The molecule has 0 aliphatic rings. The van der Waals surface area contributed by atoms with Gasteiger partial charge in [0.25, 0.3) is 0 Å². The Bertz CT molecular complexity index is 379. The third-order valence-electron chi connectivity index (χ3n) is 3.53. The van der Waals surface area contributed by atoms with Crippen LogP contribution in [0.3, 0.4) is 0 Å². The van der Waals surface area contributed by atoms with Gasteiger partial charge < -0.3 is 10.1 Å². The van der Waals surface area contributed by atoms with E-state index < -0.39 is 0 Å². The van der Waals surface area contributed by atoms with Crippen molar-refractivity contribution in [2.45, 2.75) is 33.7 Å². The minimum Gasteiger partial charge on any atom is -0.496 e. The molecule has 0 aliphatic heterocycles. The largest absolute Gasteiger partial charge is 0.496 e. The van der Waals surface area contributed by atoms with Crippen LogP contribution in [0, 0.1) is 11.8 Å². The first-order valence-electron chi connectivity index (χ1n) is 6.58. The standard InChI is InChI=1S/C15H24ClNO/c1-6-17-15(11(4)10(2)3)13-9-12(16)7-8-14(13)18-5/h7-11,15,17H,6H2,1-5H3. The van der Waals surface area contributed by atoms with Crippen molar-refractivity contribution in [1.29, 1.82) is 0 Å². The Morgan fingerprint density at radius 2 is 1.94 bits per heavy atom. The molecule has 0 saturated carbocycles. The van der Waals surface area contributed by atoms with Crippen LogP contribution in [0.4, 0.5) is 0 Å². The summed E-state index contributed by atoms with van der Waals surface area (Å²) in [6.45, 7) is 9.80. The third-order valence-corrected chi connectivity index (χ3v) is 3.76. The van der Waals surface area contributed by atoms with Gasteiger partial charge in [0, 0.05) is 16.6 Å². The zero-order valence-corrected chi connectivity index (χ0v) is 12.7. The number of halogens is 1. The summed E-state index contributed by atoms with van der Waals surface area (Å²) in [5.41, 5.74) is 1.15. The highest BCUT2D eigenvalue weighted by Gasteiger charge is 2.24. The summed E-state index contributed by atoms with van der Waals surface area (Å²) < 4.78 is 5.46. The molecule has 0 radical (unpaired) electrons. The van der Waals surface area contributed by atoms with E-state index in [0.717, 1.165) is 22.9 Å². The molecule has 2 atom stereocenters. The third kappa shape index (κ3) is 3.63. The summed E-state index contributed by atoms with van der Waals surface area (Å²) in [6.07, 6.45) is 0. The van der Waals surface area contributed by atoms with Crippen molar-refractivity contribution in [3.63, 3.8) is 0 Å². The van der Waals surface area contributed by atoms with E-state index in [1.165, 1.54) is 0 Å². The predicted octanol–water partition coefficient (Wildman–Crippen LogP) is 4.29. The van der Waals surface area contributed by atoms with Crippen molar-refractivity contribution in [1.82, 2.24) is 5.32 Å². The van der Waals surface area contributed by atoms with Gasteiger partial charge >= 0.3 is 0 Å². The van der Waals surface area contributed by atoms with Crippen LogP contribution < -0.4 is 10.1 Å². The van der Waals surface area contributed by atoms with Crippen LogP contribution in [0.2, 0.25) is 5.02 Å². The molecule has 0 saturated heterocycles. The molecule has 3 heteroatoms. The van der Waals surface area contributed by atoms with E-state index in [9.17, 15) is 0 Å². The van der Waals surface area contributed by atoms with Crippen LogP contribution in [-0.2, 0) is 0 Å². The first kappa shape index (κ1) is 15.3. The normalized spacial score (nSPS) is 14.6. The smallest absolute Gasteiger partial charge is 0.123 e. The molecule has 1 N–H and O–H groups in total. The molecule has 2 unspecified atom stereocenters. The van der Waals surface area contributed by atoms with E-state index >= 15 is 0 Å². The van der Waals surface area contributed by atoms with Gasteiger partial charge in [-0.05, 0) is 36.6 Å². The van der Waals surface area contributed by atoms with Gasteiger partial charge in [-0.15, -0.1) is 0 Å². The maximum absolute atomic E-state index is 6.12. The number of nitrogens with one attached hydrogen (secondary N) is 1. The summed E-state index contributed by atoms with van der Waals surface area (Å²) in [5.74, 6) is 2.01. The van der Waals surface area contributed by atoms with Gasteiger partial charge in [0.05, 0.1) is 7.11 Å². The van der Waals surface area contributed by atoms with Crippen molar-refractivity contribution < 1.29 is 4.74 Å². The number of hydrogen-bond acceptors (Lipinski definition) is 2. The molecule has 18 heavy (non-hydrogen) atoms. The first-order chi connectivity index (χ1) is 8.51. The Morgan fingerprint density at radius 3 is 2.44 bits per heavy atom. The van der Waals surface area contributed by atoms with E-state index in [4.69, 9.17) is 16.3 Å². The fourth-order valence-corrected chi connectivity index (χ4v) is 2.31. The fourth-order valence-electron chi connectivity index (χ4n) is 2.13. The van der Waals surface area contributed by atoms with Crippen molar-refractivity contribution in [3.05, 3.63) is 28.8 Å². The van der Waals surface area contributed by atoms with Gasteiger partial charge in [-0.25, -0.2) is 0 Å². The Morgan fingerprint density at radius 1 is 1.28 bits per heavy atom. The van der Waals surface area contributed by atoms with E-state index in [1.807, 2.05) is 18.2 Å². The van der Waals surface area contributed by atoms with Gasteiger partial charge in [-0.1, -0.05) is 39.3 Å². The average Bonchev–Trinajstić information content (AvgIpc) is 2.35. The second kappa shape index (κ2) is 7.01. The lowest BCUT2D eigenvalue weighted by molar-refractivity contribution is 0.297. The minimum absolute atomic E-state index is 0.267. The maximum atomic E-state index is 6.12. The number of rotatable bonds is 6. The van der Waals surface area contributed by atoms with Crippen LogP contribution in [0.15, 0.2) is 18.2 Å². The lowest BCUT2D eigenvalue weighted by Gasteiger charge is -2.29. The van der Waals surface area contributed by atoms with Gasteiger partial charge in [-0.2, -0.15) is 0 Å². The average molecular weight is 270 g/mol. The number of hydrogen-bond donors (Lipinski definition) is 1. The second-order valence-corrected chi connectivity index (χ2v) is 5.46. The molecule has 0 aromatic heterocycles. The molecule has 0 fully saturated rings. The number of methoxy groups -OCH3 is 1. The Balaban J connectivity index is 3.15. The second-order valence-electron chi connectivity index (χ2n) is 5.02. The predicted molar refractivity (Wildman–Crippen MR) is 78.4 cm³/mol. The van der Waals surface area contributed by atoms with E-state index in [1.54, 1.807) is 7.11 Å². The molecule has 2 nitrogen and oxygen atoms in total. The van der Waals surface area contributed by atoms with Gasteiger partial charge in [0.1, 0.15) is 5.75 Å². The van der Waals surface area contributed by atoms with Crippen molar-refractivity contribution in [2.24, 2.45) is 11.8 Å². The monoisotopic (exact) mass is 269 g/mol. The highest BCUT2D eigenvalue weighted by atomic mass is 35.5.